The first kappa shape index (κ1) is 20.2. The number of hydrogen-bond acceptors (Lipinski definition) is 3. The van der Waals surface area contributed by atoms with Gasteiger partial charge in [0.05, 0.1) is 16.3 Å². The van der Waals surface area contributed by atoms with Gasteiger partial charge >= 0.3 is 0 Å². The summed E-state index contributed by atoms with van der Waals surface area (Å²) in [5.74, 6) is -0.808. The van der Waals surface area contributed by atoms with E-state index in [0.29, 0.717) is 33.5 Å². The van der Waals surface area contributed by atoms with Gasteiger partial charge in [-0.1, -0.05) is 65.7 Å². The number of benzene rings is 3. The molecule has 0 aliphatic carbocycles. The van der Waals surface area contributed by atoms with Crippen LogP contribution in [0.3, 0.4) is 0 Å². The Morgan fingerprint density at radius 1 is 0.833 bits per heavy atom. The Kier molecular flexibility index (Phi) is 5.62. The van der Waals surface area contributed by atoms with Crippen molar-refractivity contribution in [2.24, 2.45) is 0 Å². The highest BCUT2D eigenvalue weighted by Gasteiger charge is 2.43. The minimum Gasteiger partial charge on any atom is -0.337 e. The largest absolute Gasteiger partial charge is 0.337 e. The van der Waals surface area contributed by atoms with Crippen LogP contribution in [0.25, 0.3) is 5.57 Å². The molecular weight excluding hydrogens is 419 g/mol. The van der Waals surface area contributed by atoms with E-state index in [1.54, 1.807) is 42.5 Å². The number of carbonyl (C=O) groups excluding carboxylic acids is 2. The van der Waals surface area contributed by atoms with Crippen molar-refractivity contribution >= 4 is 52.0 Å². The monoisotopic (exact) mass is 436 g/mol. The van der Waals surface area contributed by atoms with E-state index in [2.05, 4.69) is 0 Å². The van der Waals surface area contributed by atoms with Crippen molar-refractivity contribution in [2.75, 3.05) is 16.3 Å². The number of anilines is 2. The molecular formula is C24H18Cl2N2O2. The Morgan fingerprint density at radius 2 is 1.47 bits per heavy atom. The minimum atomic E-state index is -0.417. The van der Waals surface area contributed by atoms with Crippen LogP contribution in [0.2, 0.25) is 10.0 Å². The van der Waals surface area contributed by atoms with E-state index in [1.807, 2.05) is 48.2 Å². The molecule has 0 saturated heterocycles. The number of imide groups is 1. The summed E-state index contributed by atoms with van der Waals surface area (Å²) in [6, 6.07) is 23.3. The van der Waals surface area contributed by atoms with Crippen molar-refractivity contribution in [1.29, 1.82) is 0 Å². The molecule has 0 aromatic heterocycles. The molecule has 0 bridgehead atoms. The second kappa shape index (κ2) is 8.34. The summed E-state index contributed by atoms with van der Waals surface area (Å²) in [6.07, 6.45) is 0. The molecule has 4 rings (SSSR count). The highest BCUT2D eigenvalue weighted by Crippen LogP contribution is 2.39. The zero-order valence-electron chi connectivity index (χ0n) is 16.2. The van der Waals surface area contributed by atoms with E-state index in [1.165, 1.54) is 4.90 Å². The van der Waals surface area contributed by atoms with Crippen molar-refractivity contribution in [3.05, 3.63) is 100 Å². The lowest BCUT2D eigenvalue weighted by atomic mass is 10.0. The molecule has 0 spiro atoms. The average molecular weight is 437 g/mol. The maximum absolute atomic E-state index is 13.6. The molecule has 1 heterocycles. The summed E-state index contributed by atoms with van der Waals surface area (Å²) >= 11 is 12.5. The lowest BCUT2D eigenvalue weighted by Crippen LogP contribution is -2.35. The number of halogens is 2. The van der Waals surface area contributed by atoms with E-state index < -0.39 is 11.8 Å². The van der Waals surface area contributed by atoms with Gasteiger partial charge in [0.2, 0.25) is 0 Å². The van der Waals surface area contributed by atoms with E-state index >= 15 is 0 Å². The highest BCUT2D eigenvalue weighted by atomic mass is 35.5. The lowest BCUT2D eigenvalue weighted by Gasteiger charge is -2.25. The number of para-hydroxylation sites is 2. The molecule has 3 aromatic carbocycles. The first-order valence-corrected chi connectivity index (χ1v) is 10.2. The van der Waals surface area contributed by atoms with Gasteiger partial charge in [-0.05, 0) is 43.3 Å². The van der Waals surface area contributed by atoms with E-state index in [-0.39, 0.29) is 5.57 Å². The van der Waals surface area contributed by atoms with Crippen LogP contribution in [0.1, 0.15) is 12.5 Å². The predicted octanol–water partition coefficient (Wildman–Crippen LogP) is 5.80. The van der Waals surface area contributed by atoms with Crippen molar-refractivity contribution in [2.45, 2.75) is 6.92 Å². The van der Waals surface area contributed by atoms with Gasteiger partial charge in [0.15, 0.2) is 0 Å². The molecule has 0 N–H and O–H groups in total. The SMILES string of the molecule is CCN(C1=C(c2ccc(Cl)cc2Cl)C(=O)N(c2ccccc2)C1=O)c1ccccc1. The van der Waals surface area contributed by atoms with Crippen LogP contribution in [0.4, 0.5) is 11.4 Å². The topological polar surface area (TPSA) is 40.6 Å². The zero-order valence-corrected chi connectivity index (χ0v) is 17.7. The van der Waals surface area contributed by atoms with Gasteiger partial charge in [0.25, 0.3) is 11.8 Å². The normalized spacial score (nSPS) is 13.9. The average Bonchev–Trinajstić information content (AvgIpc) is 3.00. The Balaban J connectivity index is 1.95. The fourth-order valence-electron chi connectivity index (χ4n) is 3.59. The standard InChI is InChI=1S/C24H18Cl2N2O2/c1-2-27(17-9-5-3-6-10-17)22-21(19-14-13-16(25)15-20(19)26)23(29)28(24(22)30)18-11-7-4-8-12-18/h3-15H,2H2,1H3. The molecule has 0 unspecified atom stereocenters. The first-order chi connectivity index (χ1) is 14.5. The third kappa shape index (κ3) is 3.49. The quantitative estimate of drug-likeness (QED) is 0.474. The molecule has 150 valence electrons. The second-order valence-electron chi connectivity index (χ2n) is 6.71. The molecule has 1 aliphatic heterocycles. The lowest BCUT2D eigenvalue weighted by molar-refractivity contribution is -0.120. The van der Waals surface area contributed by atoms with Gasteiger partial charge in [0, 0.05) is 22.8 Å². The number of hydrogen-bond donors (Lipinski definition) is 0. The van der Waals surface area contributed by atoms with Crippen LogP contribution in [-0.2, 0) is 9.59 Å². The molecule has 30 heavy (non-hydrogen) atoms. The highest BCUT2D eigenvalue weighted by molar-refractivity contribution is 6.48. The summed E-state index contributed by atoms with van der Waals surface area (Å²) in [7, 11) is 0. The maximum Gasteiger partial charge on any atom is 0.282 e. The van der Waals surface area contributed by atoms with Crippen molar-refractivity contribution in [1.82, 2.24) is 0 Å². The van der Waals surface area contributed by atoms with E-state index in [9.17, 15) is 9.59 Å². The zero-order chi connectivity index (χ0) is 21.3. The van der Waals surface area contributed by atoms with E-state index in [4.69, 9.17) is 23.2 Å². The summed E-state index contributed by atoms with van der Waals surface area (Å²) in [4.78, 5) is 30.2. The molecule has 0 atom stereocenters. The number of rotatable bonds is 5. The summed E-state index contributed by atoms with van der Waals surface area (Å²) in [6.45, 7) is 2.43. The Hall–Kier alpha value is -3.08. The second-order valence-corrected chi connectivity index (χ2v) is 7.55. The van der Waals surface area contributed by atoms with Gasteiger partial charge in [-0.3, -0.25) is 9.59 Å². The van der Waals surface area contributed by atoms with Crippen molar-refractivity contribution in [3.8, 4) is 0 Å². The minimum absolute atomic E-state index is 0.260. The summed E-state index contributed by atoms with van der Waals surface area (Å²) in [5, 5.41) is 0.771. The smallest absolute Gasteiger partial charge is 0.282 e. The number of amides is 2. The van der Waals surface area contributed by atoms with Crippen LogP contribution in [-0.4, -0.2) is 18.4 Å². The molecule has 3 aromatic rings. The summed E-state index contributed by atoms with van der Waals surface area (Å²) < 4.78 is 0. The van der Waals surface area contributed by atoms with Crippen LogP contribution >= 0.6 is 23.2 Å². The van der Waals surface area contributed by atoms with Gasteiger partial charge in [-0.2, -0.15) is 0 Å². The van der Waals surface area contributed by atoms with Gasteiger partial charge in [0.1, 0.15) is 5.70 Å². The van der Waals surface area contributed by atoms with Crippen LogP contribution in [0, 0.1) is 0 Å². The fraction of sp³-hybridized carbons (Fsp3) is 0.0833. The first-order valence-electron chi connectivity index (χ1n) is 9.49. The third-order valence-corrected chi connectivity index (χ3v) is 5.48. The van der Waals surface area contributed by atoms with Gasteiger partial charge in [-0.15, -0.1) is 0 Å². The third-order valence-electron chi connectivity index (χ3n) is 4.93. The van der Waals surface area contributed by atoms with Crippen molar-refractivity contribution < 1.29 is 9.59 Å². The van der Waals surface area contributed by atoms with Crippen LogP contribution < -0.4 is 9.80 Å². The molecule has 0 saturated carbocycles. The molecule has 4 nitrogen and oxygen atoms in total. The molecule has 0 fully saturated rings. The Bertz CT molecular complexity index is 1140. The molecule has 2 amide bonds. The van der Waals surface area contributed by atoms with E-state index in [0.717, 1.165) is 5.69 Å². The Labute approximate surface area is 184 Å². The van der Waals surface area contributed by atoms with Crippen LogP contribution in [0.15, 0.2) is 84.6 Å². The Morgan fingerprint density at radius 3 is 2.07 bits per heavy atom. The number of likely N-dealkylation sites (N-methyl/N-ethyl adjacent to an activating group) is 1. The maximum atomic E-state index is 13.6. The van der Waals surface area contributed by atoms with Gasteiger partial charge < -0.3 is 4.90 Å². The van der Waals surface area contributed by atoms with Gasteiger partial charge in [-0.25, -0.2) is 4.90 Å². The fourth-order valence-corrected chi connectivity index (χ4v) is 4.10. The van der Waals surface area contributed by atoms with Crippen LogP contribution in [0.5, 0.6) is 0 Å². The number of nitrogens with zero attached hydrogens (tertiary/aromatic N) is 2. The molecule has 1 aliphatic rings. The number of carbonyl (C=O) groups is 2. The predicted molar refractivity (Wildman–Crippen MR) is 122 cm³/mol. The summed E-state index contributed by atoms with van der Waals surface area (Å²) in [5.41, 5.74) is 2.35. The molecule has 6 heteroatoms. The molecule has 0 radical (unpaired) electrons. The van der Waals surface area contributed by atoms with Crippen molar-refractivity contribution in [3.63, 3.8) is 0 Å².